The van der Waals surface area contributed by atoms with Crippen LogP contribution in [0.4, 0.5) is 4.39 Å². The van der Waals surface area contributed by atoms with Gasteiger partial charge in [-0.25, -0.2) is 4.39 Å². The molecular formula is C22H32FN3O2. The summed E-state index contributed by atoms with van der Waals surface area (Å²) in [6.07, 6.45) is 3.81. The number of benzene rings is 1. The van der Waals surface area contributed by atoms with Crippen molar-refractivity contribution in [1.29, 1.82) is 0 Å². The van der Waals surface area contributed by atoms with Gasteiger partial charge in [-0.3, -0.25) is 4.99 Å². The Morgan fingerprint density at radius 1 is 1.36 bits per heavy atom. The SMILES string of the molecule is CN=C(NC(C)c1ccc(OCC2CC2)c(F)c1)NC1C2CCOC2C1(C)C. The molecule has 0 amide bonds. The Bertz CT molecular complexity index is 747. The molecule has 4 rings (SSSR count). The Kier molecular flexibility index (Phi) is 5.25. The summed E-state index contributed by atoms with van der Waals surface area (Å²) >= 11 is 0. The number of guanidine groups is 1. The molecular weight excluding hydrogens is 357 g/mol. The van der Waals surface area contributed by atoms with Gasteiger partial charge in [-0.2, -0.15) is 0 Å². The first-order valence-electron chi connectivity index (χ1n) is 10.4. The number of fused-ring (bicyclic) bond motifs is 1. The average Bonchev–Trinajstić information content (AvgIpc) is 3.39. The Hall–Kier alpha value is -1.82. The van der Waals surface area contributed by atoms with Crippen molar-refractivity contribution in [3.05, 3.63) is 29.6 Å². The van der Waals surface area contributed by atoms with Crippen molar-refractivity contribution in [3.8, 4) is 5.75 Å². The summed E-state index contributed by atoms with van der Waals surface area (Å²) in [6, 6.07) is 5.47. The van der Waals surface area contributed by atoms with Crippen LogP contribution < -0.4 is 15.4 Å². The minimum absolute atomic E-state index is 0.0722. The van der Waals surface area contributed by atoms with E-state index >= 15 is 0 Å². The molecule has 3 fully saturated rings. The predicted molar refractivity (Wildman–Crippen MR) is 108 cm³/mol. The highest BCUT2D eigenvalue weighted by Gasteiger charge is 2.59. The van der Waals surface area contributed by atoms with Crippen molar-refractivity contribution in [1.82, 2.24) is 10.6 Å². The van der Waals surface area contributed by atoms with E-state index in [-0.39, 0.29) is 17.3 Å². The van der Waals surface area contributed by atoms with Gasteiger partial charge in [0.1, 0.15) is 0 Å². The van der Waals surface area contributed by atoms with Crippen molar-refractivity contribution in [3.63, 3.8) is 0 Å². The van der Waals surface area contributed by atoms with E-state index in [0.717, 1.165) is 24.6 Å². The van der Waals surface area contributed by atoms with Crippen LogP contribution in [-0.2, 0) is 4.74 Å². The second-order valence-electron chi connectivity index (χ2n) is 9.07. The van der Waals surface area contributed by atoms with E-state index in [9.17, 15) is 4.39 Å². The molecule has 2 N–H and O–H groups in total. The number of nitrogens with zero attached hydrogens (tertiary/aromatic N) is 1. The normalized spacial score (nSPS) is 29.6. The number of ether oxygens (including phenoxy) is 2. The van der Waals surface area contributed by atoms with Gasteiger partial charge in [-0.1, -0.05) is 19.9 Å². The third kappa shape index (κ3) is 3.71. The van der Waals surface area contributed by atoms with Gasteiger partial charge in [-0.05, 0) is 49.8 Å². The number of aliphatic imine (C=N–C) groups is 1. The Morgan fingerprint density at radius 2 is 2.14 bits per heavy atom. The van der Waals surface area contributed by atoms with E-state index in [0.29, 0.717) is 36.3 Å². The smallest absolute Gasteiger partial charge is 0.191 e. The molecule has 154 valence electrons. The van der Waals surface area contributed by atoms with Crippen molar-refractivity contribution < 1.29 is 13.9 Å². The van der Waals surface area contributed by atoms with Gasteiger partial charge in [0.25, 0.3) is 0 Å². The molecule has 1 heterocycles. The van der Waals surface area contributed by atoms with Gasteiger partial charge in [-0.15, -0.1) is 0 Å². The first-order valence-corrected chi connectivity index (χ1v) is 10.4. The molecule has 5 nitrogen and oxygen atoms in total. The summed E-state index contributed by atoms with van der Waals surface area (Å²) in [5.74, 6) is 1.92. The van der Waals surface area contributed by atoms with Crippen LogP contribution >= 0.6 is 0 Å². The molecule has 4 unspecified atom stereocenters. The van der Waals surface area contributed by atoms with E-state index in [1.54, 1.807) is 19.2 Å². The Labute approximate surface area is 167 Å². The van der Waals surface area contributed by atoms with Gasteiger partial charge in [0.2, 0.25) is 0 Å². The van der Waals surface area contributed by atoms with Crippen molar-refractivity contribution in [2.24, 2.45) is 22.2 Å². The summed E-state index contributed by atoms with van der Waals surface area (Å²) in [5.41, 5.74) is 0.948. The fourth-order valence-corrected chi connectivity index (χ4v) is 4.62. The molecule has 2 saturated carbocycles. The van der Waals surface area contributed by atoms with E-state index in [1.807, 2.05) is 13.0 Å². The van der Waals surface area contributed by atoms with Crippen LogP contribution in [0.5, 0.6) is 5.75 Å². The monoisotopic (exact) mass is 389 g/mol. The van der Waals surface area contributed by atoms with Crippen molar-refractivity contribution >= 4 is 5.96 Å². The van der Waals surface area contributed by atoms with Crippen LogP contribution in [-0.4, -0.2) is 38.4 Å². The highest BCUT2D eigenvalue weighted by atomic mass is 19.1. The van der Waals surface area contributed by atoms with Gasteiger partial charge in [0.05, 0.1) is 18.8 Å². The number of hydrogen-bond donors (Lipinski definition) is 2. The largest absolute Gasteiger partial charge is 0.490 e. The van der Waals surface area contributed by atoms with E-state index in [4.69, 9.17) is 9.47 Å². The van der Waals surface area contributed by atoms with Gasteiger partial charge < -0.3 is 20.1 Å². The number of halogens is 1. The van der Waals surface area contributed by atoms with Gasteiger partial charge in [0.15, 0.2) is 17.5 Å². The molecule has 1 aromatic carbocycles. The lowest BCUT2D eigenvalue weighted by Crippen LogP contribution is -2.68. The first-order chi connectivity index (χ1) is 13.4. The summed E-state index contributed by atoms with van der Waals surface area (Å²) in [7, 11) is 1.77. The molecule has 1 saturated heterocycles. The maximum absolute atomic E-state index is 14.4. The molecule has 1 aliphatic heterocycles. The summed E-state index contributed by atoms with van der Waals surface area (Å²) in [6.45, 7) is 7.95. The maximum atomic E-state index is 14.4. The quantitative estimate of drug-likeness (QED) is 0.576. The molecule has 1 aromatic rings. The molecule has 0 bridgehead atoms. The topological polar surface area (TPSA) is 54.9 Å². The second-order valence-corrected chi connectivity index (χ2v) is 9.07. The Morgan fingerprint density at radius 3 is 2.82 bits per heavy atom. The minimum atomic E-state index is -0.305. The first kappa shape index (κ1) is 19.5. The van der Waals surface area contributed by atoms with Crippen molar-refractivity contribution in [2.45, 2.75) is 58.2 Å². The van der Waals surface area contributed by atoms with E-state index < -0.39 is 0 Å². The van der Waals surface area contributed by atoms with Gasteiger partial charge in [0, 0.05) is 31.0 Å². The average molecular weight is 390 g/mol. The second kappa shape index (κ2) is 7.54. The van der Waals surface area contributed by atoms with Crippen LogP contribution in [0.25, 0.3) is 0 Å². The fourth-order valence-electron chi connectivity index (χ4n) is 4.62. The molecule has 28 heavy (non-hydrogen) atoms. The summed E-state index contributed by atoms with van der Waals surface area (Å²) in [5, 5.41) is 6.97. The number of rotatable bonds is 6. The number of hydrogen-bond acceptors (Lipinski definition) is 3. The lowest BCUT2D eigenvalue weighted by atomic mass is 9.57. The Balaban J connectivity index is 1.36. The van der Waals surface area contributed by atoms with Crippen LogP contribution in [0.1, 0.15) is 51.6 Å². The zero-order chi connectivity index (χ0) is 19.9. The van der Waals surface area contributed by atoms with Gasteiger partial charge >= 0.3 is 0 Å². The minimum Gasteiger partial charge on any atom is -0.490 e. The predicted octanol–water partition coefficient (Wildman–Crippen LogP) is 3.65. The lowest BCUT2D eigenvalue weighted by molar-refractivity contribution is -0.106. The van der Waals surface area contributed by atoms with E-state index in [1.165, 1.54) is 12.8 Å². The van der Waals surface area contributed by atoms with Crippen LogP contribution in [0.15, 0.2) is 23.2 Å². The zero-order valence-electron chi connectivity index (χ0n) is 17.3. The van der Waals surface area contributed by atoms with Crippen LogP contribution in [0.3, 0.4) is 0 Å². The molecule has 4 atom stereocenters. The molecule has 2 aliphatic carbocycles. The standard InChI is InChI=1S/C22H32FN3O2/c1-13(15-7-8-18(17(23)11-15)28-12-14-5-6-14)25-21(24-4)26-19-16-9-10-27-20(16)22(19,2)3/h7-8,11,13-14,16,19-20H,5-6,9-10,12H2,1-4H3,(H2,24,25,26). The molecule has 0 aromatic heterocycles. The lowest BCUT2D eigenvalue weighted by Gasteiger charge is -2.55. The molecule has 3 aliphatic rings. The van der Waals surface area contributed by atoms with Crippen molar-refractivity contribution in [2.75, 3.05) is 20.3 Å². The summed E-state index contributed by atoms with van der Waals surface area (Å²) in [4.78, 5) is 4.39. The highest BCUT2D eigenvalue weighted by Crippen LogP contribution is 2.52. The zero-order valence-corrected chi connectivity index (χ0v) is 17.3. The third-order valence-electron chi connectivity index (χ3n) is 6.60. The molecule has 0 spiro atoms. The van der Waals surface area contributed by atoms with Crippen LogP contribution in [0.2, 0.25) is 0 Å². The molecule has 6 heteroatoms. The number of nitrogens with one attached hydrogen (secondary N) is 2. The third-order valence-corrected chi connectivity index (χ3v) is 6.60. The van der Waals surface area contributed by atoms with Crippen LogP contribution in [0, 0.1) is 23.1 Å². The molecule has 0 radical (unpaired) electrons. The van der Waals surface area contributed by atoms with E-state index in [2.05, 4.69) is 29.5 Å². The highest BCUT2D eigenvalue weighted by molar-refractivity contribution is 5.80. The maximum Gasteiger partial charge on any atom is 0.191 e. The summed E-state index contributed by atoms with van der Waals surface area (Å²) < 4.78 is 25.9. The fraction of sp³-hybridized carbons (Fsp3) is 0.682.